The minimum atomic E-state index is -0.983. The normalized spacial score (nSPS) is 38.1. The van der Waals surface area contributed by atoms with Crippen molar-refractivity contribution in [3.05, 3.63) is 0 Å². The fourth-order valence-electron chi connectivity index (χ4n) is 0.557. The van der Waals surface area contributed by atoms with Crippen molar-refractivity contribution in [2.45, 2.75) is 6.04 Å². The van der Waals surface area contributed by atoms with Gasteiger partial charge in [0, 0.05) is 6.54 Å². The second-order valence-electron chi connectivity index (χ2n) is 1.76. The lowest BCUT2D eigenvalue weighted by Crippen LogP contribution is -1.89. The molecule has 0 aromatic rings. The molecule has 1 rings (SSSR count). The molecule has 1 aliphatic heterocycles. The van der Waals surface area contributed by atoms with Crippen LogP contribution in [-0.4, -0.2) is 28.8 Å². The molecule has 1 saturated heterocycles. The molecule has 1 fully saturated rings. The van der Waals surface area contributed by atoms with Crippen LogP contribution < -0.4 is 0 Å². The largest absolute Gasteiger partial charge is 0.359 e. The van der Waals surface area contributed by atoms with Crippen LogP contribution in [0.4, 0.5) is 0 Å². The number of nitriles is 1. The van der Waals surface area contributed by atoms with Crippen LogP contribution in [0.15, 0.2) is 0 Å². The first-order valence-corrected chi connectivity index (χ1v) is 4.04. The van der Waals surface area contributed by atoms with Gasteiger partial charge in [-0.3, -0.25) is 0 Å². The molecule has 1 aliphatic rings. The van der Waals surface area contributed by atoms with Gasteiger partial charge in [0.25, 0.3) is 0 Å². The smallest absolute Gasteiger partial charge is 0.116 e. The molecule has 44 valence electrons. The van der Waals surface area contributed by atoms with Gasteiger partial charge in [0.1, 0.15) is 6.04 Å². The van der Waals surface area contributed by atoms with E-state index in [0.29, 0.717) is 0 Å². The van der Waals surface area contributed by atoms with Crippen molar-refractivity contribution in [3.63, 3.8) is 0 Å². The van der Waals surface area contributed by atoms with E-state index in [1.165, 1.54) is 0 Å². The predicted octanol–water partition coefficient (Wildman–Crippen LogP) is 0.128. The summed E-state index contributed by atoms with van der Waals surface area (Å²) in [6, 6.07) is 2.06. The molecule has 1 N–H and O–H groups in total. The minimum Gasteiger partial charge on any atom is -0.359 e. The Balaban J connectivity index is 2.29. The Labute approximate surface area is 49.4 Å². The van der Waals surface area contributed by atoms with Crippen molar-refractivity contribution in [1.29, 1.82) is 5.26 Å². The van der Waals surface area contributed by atoms with E-state index >= 15 is 0 Å². The van der Waals surface area contributed by atoms with E-state index in [1.54, 1.807) is 11.3 Å². The maximum Gasteiger partial charge on any atom is 0.116 e. The van der Waals surface area contributed by atoms with Gasteiger partial charge in [-0.1, -0.05) is 0 Å². The zero-order valence-electron chi connectivity index (χ0n) is 4.57. The van der Waals surface area contributed by atoms with Crippen LogP contribution in [0.1, 0.15) is 0 Å². The van der Waals surface area contributed by atoms with Crippen LogP contribution in [0.3, 0.4) is 0 Å². The molecule has 4 heteroatoms. The van der Waals surface area contributed by atoms with E-state index in [-0.39, 0.29) is 6.04 Å². The Kier molecular flexibility index (Phi) is 1.48. The first-order valence-electron chi connectivity index (χ1n) is 2.34. The zero-order chi connectivity index (χ0) is 6.15. The Morgan fingerprint density at radius 2 is 2.62 bits per heavy atom. The van der Waals surface area contributed by atoms with Crippen molar-refractivity contribution in [2.75, 3.05) is 13.2 Å². The van der Waals surface area contributed by atoms with Crippen molar-refractivity contribution in [2.24, 2.45) is 0 Å². The van der Waals surface area contributed by atoms with Gasteiger partial charge in [0.15, 0.2) is 0 Å². The van der Waals surface area contributed by atoms with Gasteiger partial charge in [0.2, 0.25) is 0 Å². The fraction of sp³-hybridized carbons (Fsp3) is 0.750. The lowest BCUT2D eigenvalue weighted by atomic mass is 10.6. The highest BCUT2D eigenvalue weighted by atomic mass is 31.2. The van der Waals surface area contributed by atoms with E-state index in [1.807, 2.05) is 0 Å². The summed E-state index contributed by atoms with van der Waals surface area (Å²) in [5.41, 5.74) is 0. The third-order valence-corrected chi connectivity index (χ3v) is 2.29. The van der Waals surface area contributed by atoms with Crippen LogP contribution in [0.5, 0.6) is 0 Å². The summed E-state index contributed by atoms with van der Waals surface area (Å²) < 4.78 is 1.77. The number of rotatable bonds is 1. The van der Waals surface area contributed by atoms with Crippen LogP contribution in [0.2, 0.25) is 0 Å². The molecule has 0 aliphatic carbocycles. The standard InChI is InChI=1S/C4H7N2OP/c1-8(7)6-3-4(6)2-5/h4,7H,3H2,1H3. The van der Waals surface area contributed by atoms with Crippen molar-refractivity contribution in [1.82, 2.24) is 4.67 Å². The molecule has 0 radical (unpaired) electrons. The summed E-state index contributed by atoms with van der Waals surface area (Å²) in [5, 5.41) is 8.23. The zero-order valence-corrected chi connectivity index (χ0v) is 5.47. The maximum atomic E-state index is 8.83. The molecule has 3 unspecified atom stereocenters. The highest BCUT2D eigenvalue weighted by molar-refractivity contribution is 7.48. The van der Waals surface area contributed by atoms with E-state index in [4.69, 9.17) is 10.2 Å². The molecule has 0 saturated carbocycles. The average molecular weight is 130 g/mol. The van der Waals surface area contributed by atoms with E-state index in [9.17, 15) is 0 Å². The molecule has 0 aromatic heterocycles. The summed E-state index contributed by atoms with van der Waals surface area (Å²) in [6.45, 7) is 2.49. The quantitative estimate of drug-likeness (QED) is 0.405. The second kappa shape index (κ2) is 1.99. The number of hydrogen-bond donors (Lipinski definition) is 1. The summed E-state index contributed by atoms with van der Waals surface area (Å²) in [5.74, 6) is 0. The first kappa shape index (κ1) is 5.97. The molecule has 3 atom stereocenters. The Morgan fingerprint density at radius 1 is 2.00 bits per heavy atom. The van der Waals surface area contributed by atoms with E-state index < -0.39 is 8.30 Å². The van der Waals surface area contributed by atoms with Gasteiger partial charge in [-0.05, 0) is 6.66 Å². The van der Waals surface area contributed by atoms with Crippen LogP contribution in [0, 0.1) is 11.3 Å². The van der Waals surface area contributed by atoms with Crippen molar-refractivity contribution in [3.8, 4) is 6.07 Å². The van der Waals surface area contributed by atoms with Crippen LogP contribution in [0.25, 0.3) is 0 Å². The topological polar surface area (TPSA) is 47.0 Å². The Bertz CT molecular complexity index is 130. The summed E-state index contributed by atoms with van der Waals surface area (Å²) in [6.07, 6.45) is 0. The molecular formula is C4H7N2OP. The third-order valence-electron chi connectivity index (χ3n) is 1.11. The molecule has 0 aromatic carbocycles. The summed E-state index contributed by atoms with van der Waals surface area (Å²) >= 11 is 0. The second-order valence-corrected chi connectivity index (χ2v) is 3.25. The SMILES string of the molecule is CP(O)N1CC1C#N. The third kappa shape index (κ3) is 0.976. The first-order chi connectivity index (χ1) is 3.75. The number of nitrogens with zero attached hydrogens (tertiary/aromatic N) is 2. The average Bonchev–Trinajstić information content (AvgIpc) is 2.42. The molecule has 1 heterocycles. The molecule has 3 nitrogen and oxygen atoms in total. The van der Waals surface area contributed by atoms with Gasteiger partial charge in [-0.25, -0.2) is 4.67 Å². The molecule has 0 bridgehead atoms. The lowest BCUT2D eigenvalue weighted by molar-refractivity contribution is 0.584. The fourth-order valence-corrected chi connectivity index (χ4v) is 1.40. The molecule has 0 amide bonds. The van der Waals surface area contributed by atoms with Crippen molar-refractivity contribution >= 4 is 8.30 Å². The maximum absolute atomic E-state index is 8.83. The van der Waals surface area contributed by atoms with Gasteiger partial charge in [0.05, 0.1) is 14.4 Å². The van der Waals surface area contributed by atoms with E-state index in [2.05, 4.69) is 6.07 Å². The van der Waals surface area contributed by atoms with Gasteiger partial charge >= 0.3 is 0 Å². The highest BCUT2D eigenvalue weighted by Crippen LogP contribution is 2.41. The van der Waals surface area contributed by atoms with Gasteiger partial charge in [-0.2, -0.15) is 5.26 Å². The lowest BCUT2D eigenvalue weighted by Gasteiger charge is -1.99. The number of hydrogen-bond acceptors (Lipinski definition) is 3. The van der Waals surface area contributed by atoms with Gasteiger partial charge in [-0.15, -0.1) is 0 Å². The van der Waals surface area contributed by atoms with Crippen molar-refractivity contribution < 1.29 is 4.89 Å². The molecule has 8 heavy (non-hydrogen) atoms. The predicted molar refractivity (Wildman–Crippen MR) is 31.2 cm³/mol. The van der Waals surface area contributed by atoms with Gasteiger partial charge < -0.3 is 4.89 Å². The molecule has 0 spiro atoms. The molecular weight excluding hydrogens is 123 g/mol. The minimum absolute atomic E-state index is 0.0103. The Hall–Kier alpha value is -0.160. The Morgan fingerprint density at radius 3 is 2.75 bits per heavy atom. The van der Waals surface area contributed by atoms with Crippen LogP contribution >= 0.6 is 8.30 Å². The van der Waals surface area contributed by atoms with E-state index in [0.717, 1.165) is 6.54 Å². The summed E-state index contributed by atoms with van der Waals surface area (Å²) in [4.78, 5) is 8.83. The monoisotopic (exact) mass is 130 g/mol. The highest BCUT2D eigenvalue weighted by Gasteiger charge is 2.37. The summed E-state index contributed by atoms with van der Waals surface area (Å²) in [7, 11) is -0.983. The van der Waals surface area contributed by atoms with Crippen LogP contribution in [-0.2, 0) is 0 Å².